The van der Waals surface area contributed by atoms with Crippen LogP contribution >= 0.6 is 0 Å². The van der Waals surface area contributed by atoms with E-state index < -0.39 is 12.6 Å². The van der Waals surface area contributed by atoms with Crippen LogP contribution in [0, 0.1) is 19.3 Å². The maximum Gasteiger partial charge on any atom is 0.341 e. The van der Waals surface area contributed by atoms with Crippen molar-refractivity contribution in [3.63, 3.8) is 0 Å². The molecule has 1 aliphatic carbocycles. The molecule has 1 aromatic heterocycles. The summed E-state index contributed by atoms with van der Waals surface area (Å²) in [6.45, 7) is 7.88. The number of anilines is 1. The Bertz CT molecular complexity index is 1350. The van der Waals surface area contributed by atoms with Gasteiger partial charge in [-0.25, -0.2) is 9.48 Å². The van der Waals surface area contributed by atoms with Crippen LogP contribution in [0.25, 0.3) is 5.69 Å². The summed E-state index contributed by atoms with van der Waals surface area (Å²) in [7, 11) is 0. The van der Waals surface area contributed by atoms with E-state index in [-0.39, 0.29) is 17.1 Å². The van der Waals surface area contributed by atoms with E-state index in [0.717, 1.165) is 46.0 Å². The lowest BCUT2D eigenvalue weighted by Crippen LogP contribution is -2.34. The Kier molecular flexibility index (Phi) is 5.50. The standard InChI is InChI=1S/C28H29N3O4/c1-16-5-9-19(10-6-16)31-27-24(17(2)30-31)25(18-7-11-20(12-8-18)35-15-23(33)34)26-21(29-27)13-28(3,4)14-22(26)32/h5-12,25,29H,13-15H2,1-4H3,(H,33,34)/t25-/m1/s1. The molecule has 1 atom stereocenters. The zero-order valence-electron chi connectivity index (χ0n) is 20.4. The number of ether oxygens (including phenoxy) is 1. The van der Waals surface area contributed by atoms with E-state index in [0.29, 0.717) is 12.2 Å². The van der Waals surface area contributed by atoms with Crippen LogP contribution < -0.4 is 10.1 Å². The number of fused-ring (bicyclic) bond motifs is 1. The van der Waals surface area contributed by atoms with Crippen molar-refractivity contribution in [2.24, 2.45) is 5.41 Å². The third kappa shape index (κ3) is 4.22. The van der Waals surface area contributed by atoms with Crippen LogP contribution in [0.1, 0.15) is 55.0 Å². The van der Waals surface area contributed by atoms with Gasteiger partial charge in [-0.05, 0) is 55.5 Å². The number of nitrogens with zero attached hydrogens (tertiary/aromatic N) is 2. The van der Waals surface area contributed by atoms with Crippen molar-refractivity contribution < 1.29 is 19.4 Å². The summed E-state index contributed by atoms with van der Waals surface area (Å²) < 4.78 is 7.25. The SMILES string of the molecule is Cc1ccc(-n2nc(C)c3c2NC2=C(C(=O)CC(C)(C)C2)[C@@H]3c2ccc(OCC(=O)O)cc2)cc1. The van der Waals surface area contributed by atoms with Crippen LogP contribution in [-0.4, -0.2) is 33.2 Å². The summed E-state index contributed by atoms with van der Waals surface area (Å²) in [6, 6.07) is 15.6. The molecule has 0 amide bonds. The lowest BCUT2D eigenvalue weighted by molar-refractivity contribution is -0.139. The van der Waals surface area contributed by atoms with E-state index >= 15 is 0 Å². The van der Waals surface area contributed by atoms with Crippen molar-refractivity contribution >= 4 is 17.6 Å². The fourth-order valence-electron chi connectivity index (χ4n) is 5.18. The summed E-state index contributed by atoms with van der Waals surface area (Å²) >= 11 is 0. The summed E-state index contributed by atoms with van der Waals surface area (Å²) in [5.41, 5.74) is 6.52. The van der Waals surface area contributed by atoms with Crippen molar-refractivity contribution in [3.8, 4) is 11.4 Å². The molecule has 0 bridgehead atoms. The zero-order chi connectivity index (χ0) is 24.9. The van der Waals surface area contributed by atoms with E-state index in [1.54, 1.807) is 12.1 Å². The number of hydrogen-bond acceptors (Lipinski definition) is 5. The van der Waals surface area contributed by atoms with Crippen molar-refractivity contribution in [1.82, 2.24) is 9.78 Å². The first-order valence-corrected chi connectivity index (χ1v) is 11.8. The second-order valence-corrected chi connectivity index (χ2v) is 10.2. The van der Waals surface area contributed by atoms with Gasteiger partial charge in [-0.1, -0.05) is 43.7 Å². The Morgan fingerprint density at radius 2 is 1.80 bits per heavy atom. The molecule has 0 spiro atoms. The summed E-state index contributed by atoms with van der Waals surface area (Å²) in [4.78, 5) is 24.4. The van der Waals surface area contributed by atoms with Crippen LogP contribution in [0.3, 0.4) is 0 Å². The molecule has 2 aromatic carbocycles. The monoisotopic (exact) mass is 471 g/mol. The number of benzene rings is 2. The number of aliphatic carboxylic acids is 1. The van der Waals surface area contributed by atoms with E-state index in [4.69, 9.17) is 14.9 Å². The van der Waals surface area contributed by atoms with Crippen LogP contribution in [0.15, 0.2) is 59.8 Å². The first-order chi connectivity index (χ1) is 16.6. The highest BCUT2D eigenvalue weighted by molar-refractivity contribution is 6.01. The highest BCUT2D eigenvalue weighted by Crippen LogP contribution is 2.50. The Morgan fingerprint density at radius 3 is 2.46 bits per heavy atom. The number of rotatable bonds is 5. The summed E-state index contributed by atoms with van der Waals surface area (Å²) in [5.74, 6) is 0.210. The average Bonchev–Trinajstić information content (AvgIpc) is 3.12. The highest BCUT2D eigenvalue weighted by atomic mass is 16.5. The van der Waals surface area contributed by atoms with Crippen LogP contribution in [0.5, 0.6) is 5.75 Å². The number of carbonyl (C=O) groups excluding carboxylic acids is 1. The molecular formula is C28H29N3O4. The molecule has 0 unspecified atom stereocenters. The first kappa shape index (κ1) is 22.9. The molecule has 0 fully saturated rings. The highest BCUT2D eigenvalue weighted by Gasteiger charge is 2.43. The Balaban J connectivity index is 1.65. The quantitative estimate of drug-likeness (QED) is 0.534. The van der Waals surface area contributed by atoms with Gasteiger partial charge in [0, 0.05) is 29.2 Å². The number of Topliss-reactive ketones (excluding diaryl/α,β-unsaturated/α-hetero) is 1. The number of nitrogens with one attached hydrogen (secondary N) is 1. The second kappa shape index (κ2) is 8.41. The van der Waals surface area contributed by atoms with E-state index in [1.165, 1.54) is 5.56 Å². The van der Waals surface area contributed by atoms with Gasteiger partial charge in [0.15, 0.2) is 12.4 Å². The number of carbonyl (C=O) groups is 2. The maximum atomic E-state index is 13.5. The average molecular weight is 472 g/mol. The molecule has 0 radical (unpaired) electrons. The normalized spacial score (nSPS) is 18.5. The third-order valence-corrected chi connectivity index (χ3v) is 6.73. The summed E-state index contributed by atoms with van der Waals surface area (Å²) in [6.07, 6.45) is 1.26. The van der Waals surface area contributed by atoms with Crippen molar-refractivity contribution in [3.05, 3.63) is 82.2 Å². The minimum Gasteiger partial charge on any atom is -0.482 e. The fourth-order valence-corrected chi connectivity index (χ4v) is 5.18. The molecule has 2 heterocycles. The van der Waals surface area contributed by atoms with Gasteiger partial charge in [-0.3, -0.25) is 4.79 Å². The molecule has 3 aromatic rings. The Morgan fingerprint density at radius 1 is 1.11 bits per heavy atom. The minimum atomic E-state index is -1.03. The predicted octanol–water partition coefficient (Wildman–Crippen LogP) is 5.15. The summed E-state index contributed by atoms with van der Waals surface area (Å²) in [5, 5.41) is 17.4. The number of ketones is 1. The third-order valence-electron chi connectivity index (χ3n) is 6.73. The van der Waals surface area contributed by atoms with Gasteiger partial charge in [-0.15, -0.1) is 0 Å². The molecule has 5 rings (SSSR count). The van der Waals surface area contributed by atoms with Gasteiger partial charge in [0.2, 0.25) is 0 Å². The molecule has 1 aliphatic heterocycles. The lowest BCUT2D eigenvalue weighted by Gasteiger charge is -2.38. The molecule has 0 saturated carbocycles. The van der Waals surface area contributed by atoms with Gasteiger partial charge in [0.1, 0.15) is 11.6 Å². The number of aryl methyl sites for hydroxylation is 2. The van der Waals surface area contributed by atoms with Crippen molar-refractivity contribution in [2.45, 2.75) is 46.5 Å². The molecule has 0 saturated heterocycles. The van der Waals surface area contributed by atoms with Crippen LogP contribution in [0.2, 0.25) is 0 Å². The van der Waals surface area contributed by atoms with E-state index in [2.05, 4.69) is 38.2 Å². The number of allylic oxidation sites excluding steroid dienone is 2. The Labute approximate surface area is 204 Å². The molecule has 7 heteroatoms. The van der Waals surface area contributed by atoms with Gasteiger partial charge >= 0.3 is 5.97 Å². The van der Waals surface area contributed by atoms with Gasteiger partial charge in [0.05, 0.1) is 11.4 Å². The molecule has 180 valence electrons. The smallest absolute Gasteiger partial charge is 0.341 e. The predicted molar refractivity (Wildman–Crippen MR) is 133 cm³/mol. The van der Waals surface area contributed by atoms with Gasteiger partial charge in [0.25, 0.3) is 0 Å². The number of carboxylic acids is 1. The Hall–Kier alpha value is -3.87. The van der Waals surface area contributed by atoms with Crippen molar-refractivity contribution in [1.29, 1.82) is 0 Å². The zero-order valence-corrected chi connectivity index (χ0v) is 20.4. The van der Waals surface area contributed by atoms with Crippen LogP contribution in [0.4, 0.5) is 5.82 Å². The number of aromatic nitrogens is 2. The first-order valence-electron chi connectivity index (χ1n) is 11.8. The molecule has 7 nitrogen and oxygen atoms in total. The van der Waals surface area contributed by atoms with E-state index in [9.17, 15) is 9.59 Å². The largest absolute Gasteiger partial charge is 0.482 e. The lowest BCUT2D eigenvalue weighted by atomic mass is 9.69. The van der Waals surface area contributed by atoms with Gasteiger partial charge in [-0.2, -0.15) is 5.10 Å². The van der Waals surface area contributed by atoms with Crippen LogP contribution in [-0.2, 0) is 9.59 Å². The number of hydrogen-bond donors (Lipinski definition) is 2. The minimum absolute atomic E-state index is 0.136. The molecular weight excluding hydrogens is 442 g/mol. The molecule has 35 heavy (non-hydrogen) atoms. The van der Waals surface area contributed by atoms with E-state index in [1.807, 2.05) is 35.9 Å². The van der Waals surface area contributed by atoms with Crippen molar-refractivity contribution in [2.75, 3.05) is 11.9 Å². The van der Waals surface area contributed by atoms with Gasteiger partial charge < -0.3 is 15.2 Å². The topological polar surface area (TPSA) is 93.5 Å². The second-order valence-electron chi connectivity index (χ2n) is 10.2. The maximum absolute atomic E-state index is 13.5. The number of carboxylic acid groups (broad SMARTS) is 1. The fraction of sp³-hybridized carbons (Fsp3) is 0.321. The molecule has 2 N–H and O–H groups in total. The molecule has 2 aliphatic rings.